The molecule has 3 rings (SSSR count). The summed E-state index contributed by atoms with van der Waals surface area (Å²) in [7, 11) is 0. The van der Waals surface area contributed by atoms with Gasteiger partial charge in [0.2, 0.25) is 5.91 Å². The van der Waals surface area contributed by atoms with Crippen molar-refractivity contribution in [1.82, 2.24) is 9.88 Å². The number of likely N-dealkylation sites (tertiary alicyclic amines) is 1. The maximum atomic E-state index is 12.2. The lowest BCUT2D eigenvalue weighted by Gasteiger charge is -2.42. The van der Waals surface area contributed by atoms with Crippen molar-refractivity contribution < 1.29 is 14.3 Å². The van der Waals surface area contributed by atoms with Crippen LogP contribution in [0.5, 0.6) is 0 Å². The van der Waals surface area contributed by atoms with Crippen molar-refractivity contribution in [2.45, 2.75) is 51.7 Å². The van der Waals surface area contributed by atoms with Crippen LogP contribution in [0.4, 0.5) is 0 Å². The molecular weight excluding hydrogens is 316 g/mol. The molecule has 25 heavy (non-hydrogen) atoms. The molecule has 0 saturated carbocycles. The van der Waals surface area contributed by atoms with Crippen LogP contribution in [0.1, 0.15) is 45.2 Å². The minimum absolute atomic E-state index is 0.0396. The maximum absolute atomic E-state index is 12.2. The normalized spacial score (nSPS) is 22.7. The van der Waals surface area contributed by atoms with Gasteiger partial charge in [-0.3, -0.25) is 9.78 Å². The number of aromatic nitrogens is 1. The van der Waals surface area contributed by atoms with Gasteiger partial charge in [0.25, 0.3) is 0 Å². The molecule has 5 nitrogen and oxygen atoms in total. The molecule has 2 aliphatic rings. The van der Waals surface area contributed by atoms with E-state index in [0.29, 0.717) is 12.5 Å². The highest BCUT2D eigenvalue weighted by molar-refractivity contribution is 5.78. The number of piperidine rings is 1. The quantitative estimate of drug-likeness (QED) is 0.743. The Morgan fingerprint density at radius 1 is 1.40 bits per heavy atom. The number of nitrogens with zero attached hydrogens (tertiary/aromatic N) is 2. The first-order valence-corrected chi connectivity index (χ1v) is 9.51. The van der Waals surface area contributed by atoms with Crippen LogP contribution in [0.2, 0.25) is 0 Å². The number of carbonyl (C=O) groups excluding carboxylic acids is 1. The van der Waals surface area contributed by atoms with E-state index in [2.05, 4.69) is 4.98 Å². The van der Waals surface area contributed by atoms with Crippen LogP contribution in [0.25, 0.3) is 0 Å². The highest BCUT2D eigenvalue weighted by Gasteiger charge is 2.46. The summed E-state index contributed by atoms with van der Waals surface area (Å²) in [5.74, 6) is 0.880. The molecule has 138 valence electrons. The smallest absolute Gasteiger partial charge is 0.225 e. The SMILES string of the molecule is CC(C)C(=O)N1CCC2(CC1)OCCC2CCOCc1ccccn1. The van der Waals surface area contributed by atoms with Crippen molar-refractivity contribution in [2.24, 2.45) is 11.8 Å². The maximum Gasteiger partial charge on any atom is 0.225 e. The minimum Gasteiger partial charge on any atom is -0.375 e. The van der Waals surface area contributed by atoms with Crippen LogP contribution in [-0.2, 0) is 20.9 Å². The summed E-state index contributed by atoms with van der Waals surface area (Å²) in [4.78, 5) is 18.5. The lowest BCUT2D eigenvalue weighted by molar-refractivity contribution is -0.141. The number of amides is 1. The van der Waals surface area contributed by atoms with Crippen LogP contribution < -0.4 is 0 Å². The van der Waals surface area contributed by atoms with E-state index >= 15 is 0 Å². The molecule has 2 saturated heterocycles. The highest BCUT2D eigenvalue weighted by Crippen LogP contribution is 2.42. The van der Waals surface area contributed by atoms with Gasteiger partial charge in [-0.15, -0.1) is 0 Å². The summed E-state index contributed by atoms with van der Waals surface area (Å²) in [6, 6.07) is 5.89. The van der Waals surface area contributed by atoms with Gasteiger partial charge in [0, 0.05) is 38.4 Å². The molecule has 0 radical (unpaired) electrons. The lowest BCUT2D eigenvalue weighted by Crippen LogP contribution is -2.50. The van der Waals surface area contributed by atoms with Crippen molar-refractivity contribution in [3.8, 4) is 0 Å². The van der Waals surface area contributed by atoms with E-state index in [1.54, 1.807) is 6.20 Å². The van der Waals surface area contributed by atoms with Crippen molar-refractivity contribution in [3.05, 3.63) is 30.1 Å². The van der Waals surface area contributed by atoms with Crippen LogP contribution in [0, 0.1) is 11.8 Å². The Balaban J connectivity index is 1.45. The summed E-state index contributed by atoms with van der Waals surface area (Å²) in [5.41, 5.74) is 0.933. The monoisotopic (exact) mass is 346 g/mol. The van der Waals surface area contributed by atoms with E-state index in [1.807, 2.05) is 36.9 Å². The first-order chi connectivity index (χ1) is 12.1. The van der Waals surface area contributed by atoms with Crippen LogP contribution >= 0.6 is 0 Å². The lowest BCUT2D eigenvalue weighted by atomic mass is 9.78. The second-order valence-corrected chi connectivity index (χ2v) is 7.54. The highest BCUT2D eigenvalue weighted by atomic mass is 16.5. The first kappa shape index (κ1) is 18.3. The molecule has 2 aliphatic heterocycles. The molecule has 1 aromatic heterocycles. The van der Waals surface area contributed by atoms with Gasteiger partial charge in [-0.05, 0) is 43.7 Å². The number of rotatable bonds is 6. The van der Waals surface area contributed by atoms with Gasteiger partial charge in [-0.1, -0.05) is 19.9 Å². The third kappa shape index (κ3) is 4.39. The number of hydrogen-bond donors (Lipinski definition) is 0. The van der Waals surface area contributed by atoms with Gasteiger partial charge in [0.15, 0.2) is 0 Å². The van der Waals surface area contributed by atoms with E-state index in [0.717, 1.165) is 57.7 Å². The molecular formula is C20H30N2O3. The Hall–Kier alpha value is -1.46. The largest absolute Gasteiger partial charge is 0.375 e. The Morgan fingerprint density at radius 2 is 2.20 bits per heavy atom. The van der Waals surface area contributed by atoms with Crippen molar-refractivity contribution in [2.75, 3.05) is 26.3 Å². The van der Waals surface area contributed by atoms with Crippen molar-refractivity contribution in [3.63, 3.8) is 0 Å². The zero-order valence-electron chi connectivity index (χ0n) is 15.4. The third-order valence-electron chi connectivity index (χ3n) is 5.60. The molecule has 0 N–H and O–H groups in total. The molecule has 1 aromatic rings. The fraction of sp³-hybridized carbons (Fsp3) is 0.700. The zero-order valence-corrected chi connectivity index (χ0v) is 15.4. The van der Waals surface area contributed by atoms with E-state index in [4.69, 9.17) is 9.47 Å². The van der Waals surface area contributed by atoms with Crippen molar-refractivity contribution in [1.29, 1.82) is 0 Å². The molecule has 1 amide bonds. The third-order valence-corrected chi connectivity index (χ3v) is 5.60. The Bertz CT molecular complexity index is 553. The zero-order chi connectivity index (χ0) is 17.7. The summed E-state index contributed by atoms with van der Waals surface area (Å²) >= 11 is 0. The van der Waals surface area contributed by atoms with Gasteiger partial charge in [-0.25, -0.2) is 0 Å². The topological polar surface area (TPSA) is 51.7 Å². The number of ether oxygens (including phenoxy) is 2. The summed E-state index contributed by atoms with van der Waals surface area (Å²) < 4.78 is 12.0. The van der Waals surface area contributed by atoms with Gasteiger partial charge >= 0.3 is 0 Å². The molecule has 0 bridgehead atoms. The Kier molecular flexibility index (Phi) is 6.07. The van der Waals surface area contributed by atoms with Crippen molar-refractivity contribution >= 4 is 5.91 Å². The Labute approximate surface area is 150 Å². The van der Waals surface area contributed by atoms with E-state index in [-0.39, 0.29) is 17.4 Å². The molecule has 1 unspecified atom stereocenters. The molecule has 3 heterocycles. The number of carbonyl (C=O) groups is 1. The average molecular weight is 346 g/mol. The fourth-order valence-electron chi connectivity index (χ4n) is 4.10. The van der Waals surface area contributed by atoms with Gasteiger partial charge in [-0.2, -0.15) is 0 Å². The standard InChI is InChI=1S/C20H30N2O3/c1-16(2)19(23)22-11-8-20(9-12-22)17(7-14-25-20)6-13-24-15-18-5-3-4-10-21-18/h3-5,10,16-17H,6-9,11-15H2,1-2H3. The Morgan fingerprint density at radius 3 is 2.88 bits per heavy atom. The van der Waals surface area contributed by atoms with Crippen LogP contribution in [0.3, 0.4) is 0 Å². The second-order valence-electron chi connectivity index (χ2n) is 7.54. The minimum atomic E-state index is -0.0396. The van der Waals surface area contributed by atoms with Gasteiger partial charge < -0.3 is 14.4 Å². The molecule has 2 fully saturated rings. The summed E-state index contributed by atoms with van der Waals surface area (Å²) in [5, 5.41) is 0. The molecule has 0 aliphatic carbocycles. The predicted octanol–water partition coefficient (Wildman–Crippen LogP) is 3.04. The molecule has 1 atom stereocenters. The predicted molar refractivity (Wildman–Crippen MR) is 96.0 cm³/mol. The van der Waals surface area contributed by atoms with E-state index < -0.39 is 0 Å². The van der Waals surface area contributed by atoms with E-state index in [9.17, 15) is 4.79 Å². The fourth-order valence-corrected chi connectivity index (χ4v) is 4.10. The average Bonchev–Trinajstić information content (AvgIpc) is 3.01. The number of hydrogen-bond acceptors (Lipinski definition) is 4. The summed E-state index contributed by atoms with van der Waals surface area (Å²) in [6.07, 6.45) is 5.83. The van der Waals surface area contributed by atoms with Crippen LogP contribution in [0.15, 0.2) is 24.4 Å². The summed E-state index contributed by atoms with van der Waals surface area (Å²) in [6.45, 7) is 7.73. The first-order valence-electron chi connectivity index (χ1n) is 9.51. The molecule has 1 spiro atoms. The molecule has 5 heteroatoms. The number of pyridine rings is 1. The van der Waals surface area contributed by atoms with Crippen LogP contribution in [-0.4, -0.2) is 47.7 Å². The van der Waals surface area contributed by atoms with E-state index in [1.165, 1.54) is 0 Å². The van der Waals surface area contributed by atoms with Gasteiger partial charge in [0.05, 0.1) is 17.9 Å². The second kappa shape index (κ2) is 8.28. The van der Waals surface area contributed by atoms with Gasteiger partial charge in [0.1, 0.15) is 0 Å². The molecule has 0 aromatic carbocycles.